The SMILES string of the molecule is O=C(c1ccccc1F)N(Cc1ccccc1)CC1CC(c2ccccc2)=NO1. The molecule has 1 heterocycles. The molecule has 0 aliphatic carbocycles. The van der Waals surface area contributed by atoms with Gasteiger partial charge in [0.25, 0.3) is 5.91 Å². The van der Waals surface area contributed by atoms with Gasteiger partial charge in [-0.2, -0.15) is 0 Å². The van der Waals surface area contributed by atoms with Crippen LogP contribution in [0.15, 0.2) is 90.1 Å². The minimum Gasteiger partial charge on any atom is -0.390 e. The van der Waals surface area contributed by atoms with Crippen LogP contribution >= 0.6 is 0 Å². The zero-order chi connectivity index (χ0) is 20.1. The van der Waals surface area contributed by atoms with E-state index in [0.717, 1.165) is 16.8 Å². The number of nitrogens with zero attached hydrogens (tertiary/aromatic N) is 2. The van der Waals surface area contributed by atoms with Gasteiger partial charge in [0.15, 0.2) is 6.10 Å². The number of carbonyl (C=O) groups is 1. The van der Waals surface area contributed by atoms with Crippen LogP contribution in [0.5, 0.6) is 0 Å². The molecule has 3 aromatic rings. The summed E-state index contributed by atoms with van der Waals surface area (Å²) in [5.74, 6) is -0.882. The molecule has 0 bridgehead atoms. The van der Waals surface area contributed by atoms with Gasteiger partial charge < -0.3 is 9.74 Å². The largest absolute Gasteiger partial charge is 0.390 e. The van der Waals surface area contributed by atoms with Crippen molar-refractivity contribution in [3.05, 3.63) is 107 Å². The van der Waals surface area contributed by atoms with Crippen molar-refractivity contribution in [3.8, 4) is 0 Å². The first kappa shape index (κ1) is 18.9. The van der Waals surface area contributed by atoms with Crippen LogP contribution in [0.3, 0.4) is 0 Å². The predicted octanol–water partition coefficient (Wildman–Crippen LogP) is 4.66. The van der Waals surface area contributed by atoms with Crippen LogP contribution < -0.4 is 0 Å². The number of oxime groups is 1. The maximum Gasteiger partial charge on any atom is 0.257 e. The highest BCUT2D eigenvalue weighted by molar-refractivity contribution is 6.01. The maximum atomic E-state index is 14.2. The van der Waals surface area contributed by atoms with Crippen molar-refractivity contribution < 1.29 is 14.0 Å². The standard InChI is InChI=1S/C24H21FN2O2/c25-22-14-8-7-13-21(22)24(28)27(16-18-9-3-1-4-10-18)17-20-15-23(26-29-20)19-11-5-2-6-12-19/h1-14,20H,15-17H2. The molecular weight excluding hydrogens is 367 g/mol. The number of carbonyl (C=O) groups excluding carboxylic acids is 1. The lowest BCUT2D eigenvalue weighted by molar-refractivity contribution is 0.0402. The summed E-state index contributed by atoms with van der Waals surface area (Å²) in [6.07, 6.45) is 0.324. The van der Waals surface area contributed by atoms with Crippen LogP contribution in [0, 0.1) is 5.82 Å². The topological polar surface area (TPSA) is 41.9 Å². The molecule has 1 atom stereocenters. The number of halogens is 1. The van der Waals surface area contributed by atoms with E-state index in [1.54, 1.807) is 17.0 Å². The molecule has 0 fully saturated rings. The van der Waals surface area contributed by atoms with Crippen LogP contribution in [-0.2, 0) is 11.4 Å². The molecule has 0 spiro atoms. The molecule has 1 aliphatic heterocycles. The number of benzene rings is 3. The highest BCUT2D eigenvalue weighted by atomic mass is 19.1. The molecular formula is C24H21FN2O2. The second-order valence-electron chi connectivity index (χ2n) is 6.99. The Morgan fingerprint density at radius 2 is 1.62 bits per heavy atom. The number of amides is 1. The van der Waals surface area contributed by atoms with E-state index in [0.29, 0.717) is 19.5 Å². The Morgan fingerprint density at radius 3 is 2.34 bits per heavy atom. The van der Waals surface area contributed by atoms with Crippen molar-refractivity contribution in [3.63, 3.8) is 0 Å². The van der Waals surface area contributed by atoms with Gasteiger partial charge in [0.1, 0.15) is 5.82 Å². The smallest absolute Gasteiger partial charge is 0.257 e. The summed E-state index contributed by atoms with van der Waals surface area (Å²) >= 11 is 0. The Bertz CT molecular complexity index is 1010. The van der Waals surface area contributed by atoms with E-state index >= 15 is 0 Å². The monoisotopic (exact) mass is 388 g/mol. The Labute approximate surface area is 169 Å². The van der Waals surface area contributed by atoms with Crippen molar-refractivity contribution in [2.45, 2.75) is 19.1 Å². The van der Waals surface area contributed by atoms with E-state index in [1.165, 1.54) is 12.1 Å². The number of hydrogen-bond acceptors (Lipinski definition) is 3. The Kier molecular flexibility index (Phi) is 5.66. The molecule has 146 valence electrons. The van der Waals surface area contributed by atoms with Crippen LogP contribution in [0.4, 0.5) is 4.39 Å². The van der Waals surface area contributed by atoms with Gasteiger partial charge in [-0.15, -0.1) is 0 Å². The summed E-state index contributed by atoms with van der Waals surface area (Å²) < 4.78 is 14.2. The van der Waals surface area contributed by atoms with Gasteiger partial charge in [0.2, 0.25) is 0 Å². The van der Waals surface area contributed by atoms with Crippen LogP contribution in [-0.4, -0.2) is 29.2 Å². The Hall–Kier alpha value is -3.47. The molecule has 0 radical (unpaired) electrons. The molecule has 4 nitrogen and oxygen atoms in total. The third-order valence-corrected chi connectivity index (χ3v) is 4.87. The zero-order valence-electron chi connectivity index (χ0n) is 15.9. The maximum absolute atomic E-state index is 14.2. The second kappa shape index (κ2) is 8.69. The first-order chi connectivity index (χ1) is 14.2. The minimum absolute atomic E-state index is 0.0608. The molecule has 1 unspecified atom stereocenters. The summed E-state index contributed by atoms with van der Waals surface area (Å²) in [6, 6.07) is 25.5. The van der Waals surface area contributed by atoms with E-state index in [1.807, 2.05) is 60.7 Å². The molecule has 3 aromatic carbocycles. The molecule has 1 aliphatic rings. The van der Waals surface area contributed by atoms with Crippen molar-refractivity contribution in [2.75, 3.05) is 6.54 Å². The third kappa shape index (κ3) is 4.51. The molecule has 0 saturated heterocycles. The number of rotatable bonds is 6. The molecule has 1 amide bonds. The Balaban J connectivity index is 1.52. The normalized spacial score (nSPS) is 15.5. The molecule has 4 rings (SSSR count). The van der Waals surface area contributed by atoms with Crippen LogP contribution in [0.25, 0.3) is 0 Å². The van der Waals surface area contributed by atoms with Crippen molar-refractivity contribution in [1.82, 2.24) is 4.90 Å². The lowest BCUT2D eigenvalue weighted by Crippen LogP contribution is -2.37. The fourth-order valence-corrected chi connectivity index (χ4v) is 3.40. The van der Waals surface area contributed by atoms with Gasteiger partial charge >= 0.3 is 0 Å². The lowest BCUT2D eigenvalue weighted by atomic mass is 10.0. The van der Waals surface area contributed by atoms with Crippen molar-refractivity contribution in [1.29, 1.82) is 0 Å². The third-order valence-electron chi connectivity index (χ3n) is 4.87. The summed E-state index contributed by atoms with van der Waals surface area (Å²) in [4.78, 5) is 20.3. The summed E-state index contributed by atoms with van der Waals surface area (Å²) in [5, 5.41) is 4.20. The van der Waals surface area contributed by atoms with Crippen LogP contribution in [0.2, 0.25) is 0 Å². The average Bonchev–Trinajstić information content (AvgIpc) is 3.23. The van der Waals surface area contributed by atoms with Crippen LogP contribution in [0.1, 0.15) is 27.9 Å². The van der Waals surface area contributed by atoms with Gasteiger partial charge in [-0.1, -0.05) is 78.0 Å². The van der Waals surface area contributed by atoms with Crippen molar-refractivity contribution in [2.24, 2.45) is 5.16 Å². The van der Waals surface area contributed by atoms with Gasteiger partial charge in [-0.05, 0) is 23.3 Å². The Morgan fingerprint density at radius 1 is 0.966 bits per heavy atom. The quantitative estimate of drug-likeness (QED) is 0.616. The van der Waals surface area contributed by atoms with E-state index in [-0.39, 0.29) is 17.6 Å². The van der Waals surface area contributed by atoms with E-state index in [9.17, 15) is 9.18 Å². The zero-order valence-corrected chi connectivity index (χ0v) is 15.9. The number of hydrogen-bond donors (Lipinski definition) is 0. The van der Waals surface area contributed by atoms with E-state index in [2.05, 4.69) is 5.16 Å². The molecule has 29 heavy (non-hydrogen) atoms. The first-order valence-electron chi connectivity index (χ1n) is 9.56. The molecule has 0 N–H and O–H groups in total. The summed E-state index contributed by atoms with van der Waals surface area (Å²) in [6.45, 7) is 0.691. The van der Waals surface area contributed by atoms with Gasteiger partial charge in [-0.25, -0.2) is 4.39 Å². The lowest BCUT2D eigenvalue weighted by Gasteiger charge is -2.25. The second-order valence-corrected chi connectivity index (χ2v) is 6.99. The molecule has 5 heteroatoms. The molecule has 0 saturated carbocycles. The summed E-state index contributed by atoms with van der Waals surface area (Å²) in [7, 11) is 0. The highest BCUT2D eigenvalue weighted by Gasteiger charge is 2.28. The fourth-order valence-electron chi connectivity index (χ4n) is 3.40. The predicted molar refractivity (Wildman–Crippen MR) is 110 cm³/mol. The van der Waals surface area contributed by atoms with Crippen molar-refractivity contribution >= 4 is 11.6 Å². The van der Waals surface area contributed by atoms with Gasteiger partial charge in [0.05, 0.1) is 17.8 Å². The summed E-state index contributed by atoms with van der Waals surface area (Å²) in [5.41, 5.74) is 2.89. The van der Waals surface area contributed by atoms with Gasteiger partial charge in [0, 0.05) is 13.0 Å². The first-order valence-corrected chi connectivity index (χ1v) is 9.56. The van der Waals surface area contributed by atoms with E-state index < -0.39 is 5.82 Å². The fraction of sp³-hybridized carbons (Fsp3) is 0.167. The van der Waals surface area contributed by atoms with E-state index in [4.69, 9.17) is 4.84 Å². The molecule has 0 aromatic heterocycles. The van der Waals surface area contributed by atoms with Gasteiger partial charge in [-0.3, -0.25) is 4.79 Å². The highest BCUT2D eigenvalue weighted by Crippen LogP contribution is 2.20. The average molecular weight is 388 g/mol. The minimum atomic E-state index is -0.524.